The fraction of sp³-hybridized carbons (Fsp3) is 0.0556. The smallest absolute Gasteiger partial charge is 0.326 e. The average molecular weight is 355 g/mol. The zero-order valence-electron chi connectivity index (χ0n) is 13.4. The first-order valence-corrected chi connectivity index (χ1v) is 7.62. The van der Waals surface area contributed by atoms with Gasteiger partial charge in [0.15, 0.2) is 6.61 Å². The number of halogens is 1. The number of rotatable bonds is 5. The van der Waals surface area contributed by atoms with E-state index in [4.69, 9.17) is 4.74 Å². The fourth-order valence-electron chi connectivity index (χ4n) is 2.24. The summed E-state index contributed by atoms with van der Waals surface area (Å²) in [5, 5.41) is 7.05. The molecule has 0 atom stereocenters. The highest BCUT2D eigenvalue weighted by atomic mass is 19.1. The van der Waals surface area contributed by atoms with Gasteiger partial charge in [0.2, 0.25) is 0 Å². The highest BCUT2D eigenvalue weighted by Gasteiger charge is 2.23. The number of nitrogens with one attached hydrogen (secondary N) is 3. The lowest BCUT2D eigenvalue weighted by molar-refractivity contribution is -0.118. The molecule has 0 aromatic heterocycles. The lowest BCUT2D eigenvalue weighted by Crippen LogP contribution is -2.22. The second-order valence-corrected chi connectivity index (χ2v) is 5.35. The van der Waals surface area contributed by atoms with Crippen LogP contribution in [0.15, 0.2) is 54.2 Å². The summed E-state index contributed by atoms with van der Waals surface area (Å²) in [5.41, 5.74) is 1.05. The topological polar surface area (TPSA) is 96.5 Å². The highest BCUT2D eigenvalue weighted by Crippen LogP contribution is 2.21. The van der Waals surface area contributed by atoms with Crippen molar-refractivity contribution in [1.29, 1.82) is 0 Å². The summed E-state index contributed by atoms with van der Waals surface area (Å²) in [6, 6.07) is 11.5. The Balaban J connectivity index is 1.66. The largest absolute Gasteiger partial charge is 0.483 e. The second-order valence-electron chi connectivity index (χ2n) is 5.35. The Hall–Kier alpha value is -3.68. The van der Waals surface area contributed by atoms with E-state index in [1.165, 1.54) is 30.3 Å². The zero-order valence-corrected chi connectivity index (χ0v) is 13.4. The van der Waals surface area contributed by atoms with Crippen molar-refractivity contribution < 1.29 is 23.5 Å². The molecule has 3 N–H and O–H groups in total. The van der Waals surface area contributed by atoms with Gasteiger partial charge in [0.05, 0.1) is 0 Å². The van der Waals surface area contributed by atoms with Gasteiger partial charge in [-0.25, -0.2) is 9.18 Å². The van der Waals surface area contributed by atoms with E-state index < -0.39 is 23.7 Å². The first kappa shape index (κ1) is 17.2. The highest BCUT2D eigenvalue weighted by molar-refractivity contribution is 6.14. The van der Waals surface area contributed by atoms with Crippen LogP contribution < -0.4 is 20.7 Å². The van der Waals surface area contributed by atoms with Crippen molar-refractivity contribution in [2.75, 3.05) is 11.9 Å². The molecule has 26 heavy (non-hydrogen) atoms. The van der Waals surface area contributed by atoms with Crippen LogP contribution in [0.2, 0.25) is 0 Å². The molecule has 1 heterocycles. The summed E-state index contributed by atoms with van der Waals surface area (Å²) in [4.78, 5) is 34.7. The Bertz CT molecular complexity index is 894. The number of hydrogen-bond donors (Lipinski definition) is 3. The number of carbonyl (C=O) groups is 3. The zero-order chi connectivity index (χ0) is 18.5. The number of amides is 4. The summed E-state index contributed by atoms with van der Waals surface area (Å²) in [7, 11) is 0. The molecule has 1 aliphatic heterocycles. The Morgan fingerprint density at radius 3 is 2.50 bits per heavy atom. The molecule has 2 aromatic rings. The third-order valence-corrected chi connectivity index (χ3v) is 3.43. The first-order valence-electron chi connectivity index (χ1n) is 7.62. The summed E-state index contributed by atoms with van der Waals surface area (Å²) in [5.74, 6) is -1.00. The molecule has 0 bridgehead atoms. The maximum absolute atomic E-state index is 12.9. The Labute approximate surface area is 147 Å². The normalized spacial score (nSPS) is 14.7. The lowest BCUT2D eigenvalue weighted by atomic mass is 10.1. The minimum absolute atomic E-state index is 0.0850. The maximum Gasteiger partial charge on any atom is 0.326 e. The van der Waals surface area contributed by atoms with Crippen LogP contribution in [0.5, 0.6) is 5.75 Å². The van der Waals surface area contributed by atoms with Crippen LogP contribution in [-0.2, 0) is 9.59 Å². The van der Waals surface area contributed by atoms with Gasteiger partial charge in [0, 0.05) is 11.3 Å². The molecule has 0 saturated carbocycles. The van der Waals surface area contributed by atoms with Gasteiger partial charge in [0.25, 0.3) is 11.8 Å². The molecule has 7 nitrogen and oxygen atoms in total. The molecule has 0 aliphatic carbocycles. The fourth-order valence-corrected chi connectivity index (χ4v) is 2.24. The van der Waals surface area contributed by atoms with Gasteiger partial charge in [-0.15, -0.1) is 0 Å². The summed E-state index contributed by atoms with van der Waals surface area (Å²) < 4.78 is 18.4. The molecule has 0 spiro atoms. The molecule has 0 radical (unpaired) electrons. The molecule has 0 unspecified atom stereocenters. The van der Waals surface area contributed by atoms with Gasteiger partial charge in [-0.05, 0) is 36.4 Å². The molecular weight excluding hydrogens is 341 g/mol. The molecular formula is C18H14FN3O4. The van der Waals surface area contributed by atoms with E-state index in [9.17, 15) is 18.8 Å². The van der Waals surface area contributed by atoms with Crippen LogP contribution >= 0.6 is 0 Å². The van der Waals surface area contributed by atoms with Crippen molar-refractivity contribution in [3.63, 3.8) is 0 Å². The van der Waals surface area contributed by atoms with Gasteiger partial charge in [-0.3, -0.25) is 14.9 Å². The van der Waals surface area contributed by atoms with Gasteiger partial charge in [-0.2, -0.15) is 0 Å². The number of ether oxygens (including phenoxy) is 1. The number of para-hydroxylation sites is 1. The van der Waals surface area contributed by atoms with E-state index in [0.29, 0.717) is 17.0 Å². The molecule has 132 valence electrons. The van der Waals surface area contributed by atoms with Crippen molar-refractivity contribution in [2.24, 2.45) is 0 Å². The quantitative estimate of drug-likeness (QED) is 0.565. The Morgan fingerprint density at radius 1 is 1.08 bits per heavy atom. The first-order chi connectivity index (χ1) is 12.5. The van der Waals surface area contributed by atoms with E-state index in [0.717, 1.165) is 0 Å². The van der Waals surface area contributed by atoms with Gasteiger partial charge in [-0.1, -0.05) is 18.2 Å². The molecule has 1 saturated heterocycles. The summed E-state index contributed by atoms with van der Waals surface area (Å²) >= 11 is 0. The molecule has 1 fully saturated rings. The summed E-state index contributed by atoms with van der Waals surface area (Å²) in [6.45, 7) is -0.282. The van der Waals surface area contributed by atoms with Gasteiger partial charge in [0.1, 0.15) is 17.3 Å². The van der Waals surface area contributed by atoms with Crippen LogP contribution in [0.1, 0.15) is 5.56 Å². The van der Waals surface area contributed by atoms with E-state index >= 15 is 0 Å². The number of benzene rings is 2. The number of anilines is 1. The minimum Gasteiger partial charge on any atom is -0.483 e. The minimum atomic E-state index is -0.599. The van der Waals surface area contributed by atoms with Crippen LogP contribution in [-0.4, -0.2) is 24.5 Å². The number of imide groups is 1. The van der Waals surface area contributed by atoms with Crippen molar-refractivity contribution in [2.45, 2.75) is 0 Å². The third kappa shape index (κ3) is 4.23. The predicted octanol–water partition coefficient (Wildman–Crippen LogP) is 2.02. The van der Waals surface area contributed by atoms with E-state index in [2.05, 4.69) is 16.0 Å². The third-order valence-electron chi connectivity index (χ3n) is 3.43. The number of urea groups is 1. The SMILES string of the molecule is O=C(COc1ccccc1/C=C1\NC(=O)NC1=O)Nc1ccc(F)cc1. The summed E-state index contributed by atoms with van der Waals surface area (Å²) in [6.07, 6.45) is 1.45. The van der Waals surface area contributed by atoms with Crippen molar-refractivity contribution in [3.8, 4) is 5.75 Å². The monoisotopic (exact) mass is 355 g/mol. The van der Waals surface area contributed by atoms with Gasteiger partial charge >= 0.3 is 6.03 Å². The molecule has 3 rings (SSSR count). The second kappa shape index (κ2) is 7.47. The van der Waals surface area contributed by atoms with Gasteiger partial charge < -0.3 is 15.4 Å². The van der Waals surface area contributed by atoms with Crippen LogP contribution in [0.25, 0.3) is 6.08 Å². The van der Waals surface area contributed by atoms with E-state index in [1.54, 1.807) is 24.3 Å². The molecule has 8 heteroatoms. The van der Waals surface area contributed by atoms with E-state index in [-0.39, 0.29) is 12.3 Å². The standard InChI is InChI=1S/C18H14FN3O4/c19-12-5-7-13(8-6-12)20-16(23)10-26-15-4-2-1-3-11(15)9-14-17(24)22-18(25)21-14/h1-9H,10H2,(H,20,23)(H2,21,22,24,25)/b14-9-. The molecule has 2 aromatic carbocycles. The average Bonchev–Trinajstić information content (AvgIpc) is 2.93. The van der Waals surface area contributed by atoms with Crippen LogP contribution in [0, 0.1) is 5.82 Å². The Kier molecular flexibility index (Phi) is 4.93. The van der Waals surface area contributed by atoms with Crippen LogP contribution in [0.4, 0.5) is 14.9 Å². The van der Waals surface area contributed by atoms with E-state index in [1.807, 2.05) is 0 Å². The van der Waals surface area contributed by atoms with Crippen molar-refractivity contribution >= 4 is 29.6 Å². The number of carbonyl (C=O) groups excluding carboxylic acids is 3. The van der Waals surface area contributed by atoms with Crippen LogP contribution in [0.3, 0.4) is 0 Å². The maximum atomic E-state index is 12.9. The lowest BCUT2D eigenvalue weighted by Gasteiger charge is -2.10. The Morgan fingerprint density at radius 2 is 1.81 bits per heavy atom. The van der Waals surface area contributed by atoms with Crippen molar-refractivity contribution in [3.05, 3.63) is 65.6 Å². The molecule has 4 amide bonds. The van der Waals surface area contributed by atoms with Crippen molar-refractivity contribution in [1.82, 2.24) is 10.6 Å². The predicted molar refractivity (Wildman–Crippen MR) is 91.6 cm³/mol. The number of hydrogen-bond acceptors (Lipinski definition) is 4. The molecule has 1 aliphatic rings.